The molecule has 3 N–H and O–H groups in total. The third kappa shape index (κ3) is 5.66. The van der Waals surface area contributed by atoms with Gasteiger partial charge in [-0.1, -0.05) is 19.9 Å². The molecule has 31 heavy (non-hydrogen) atoms. The normalized spacial score (nSPS) is 12.5. The van der Waals surface area contributed by atoms with Crippen molar-refractivity contribution in [3.63, 3.8) is 0 Å². The molecule has 164 valence electrons. The maximum absolute atomic E-state index is 13.6. The highest BCUT2D eigenvalue weighted by molar-refractivity contribution is 7.10. The summed E-state index contributed by atoms with van der Waals surface area (Å²) in [5.41, 5.74) is -1.59. The van der Waals surface area contributed by atoms with Crippen molar-refractivity contribution in [2.45, 2.75) is 26.1 Å². The quantitative estimate of drug-likeness (QED) is 0.422. The number of hydrogen-bond acceptors (Lipinski definition) is 4. The average molecular weight is 451 g/mol. The van der Waals surface area contributed by atoms with E-state index in [0.717, 1.165) is 17.0 Å². The van der Waals surface area contributed by atoms with E-state index >= 15 is 0 Å². The molecule has 0 aliphatic rings. The Labute approximate surface area is 180 Å². The van der Waals surface area contributed by atoms with E-state index in [1.165, 1.54) is 35.8 Å². The molecule has 3 rings (SSSR count). The predicted octanol–water partition coefficient (Wildman–Crippen LogP) is 6.13. The highest BCUT2D eigenvalue weighted by Gasteiger charge is 2.34. The number of benzene rings is 1. The molecule has 0 aliphatic carbocycles. The van der Waals surface area contributed by atoms with Gasteiger partial charge >= 0.3 is 12.2 Å². The van der Waals surface area contributed by atoms with Crippen molar-refractivity contribution in [2.24, 2.45) is 5.92 Å². The molecule has 6 nitrogen and oxygen atoms in total. The lowest BCUT2D eigenvalue weighted by Crippen LogP contribution is -2.35. The molecule has 0 radical (unpaired) electrons. The summed E-state index contributed by atoms with van der Waals surface area (Å²) in [6.07, 6.45) is -3.47. The Balaban J connectivity index is 1.78. The maximum atomic E-state index is 13.6. The van der Waals surface area contributed by atoms with Crippen molar-refractivity contribution in [1.29, 1.82) is 0 Å². The molecule has 2 aromatic heterocycles. The van der Waals surface area contributed by atoms with Crippen LogP contribution in [0.25, 0.3) is 0 Å². The van der Waals surface area contributed by atoms with Gasteiger partial charge in [-0.25, -0.2) is 4.79 Å². The third-order valence-electron chi connectivity index (χ3n) is 4.38. The van der Waals surface area contributed by atoms with E-state index in [4.69, 9.17) is 4.42 Å². The fraction of sp³-hybridized carbons (Fsp3) is 0.238. The SMILES string of the molecule is CC(C)C(NC(=O)Nc1ccc(NC(=O)c2ccco2)cc1C(F)(F)F)c1cccs1. The molecule has 1 aromatic carbocycles. The van der Waals surface area contributed by atoms with E-state index in [1.807, 2.05) is 31.4 Å². The third-order valence-corrected chi connectivity index (χ3v) is 5.33. The van der Waals surface area contributed by atoms with Crippen LogP contribution in [-0.2, 0) is 6.18 Å². The second-order valence-electron chi connectivity index (χ2n) is 7.03. The molecule has 0 aliphatic heterocycles. The molecule has 0 bridgehead atoms. The minimum absolute atomic E-state index is 0.0330. The molecule has 0 saturated heterocycles. The summed E-state index contributed by atoms with van der Waals surface area (Å²) in [6.45, 7) is 3.81. The molecule has 0 fully saturated rings. The van der Waals surface area contributed by atoms with Crippen LogP contribution in [0.3, 0.4) is 0 Å². The Morgan fingerprint density at radius 2 is 1.84 bits per heavy atom. The molecule has 3 aromatic rings. The number of rotatable bonds is 6. The first-order chi connectivity index (χ1) is 14.6. The lowest BCUT2D eigenvalue weighted by atomic mass is 10.0. The van der Waals surface area contributed by atoms with Gasteiger partial charge in [0, 0.05) is 10.6 Å². The Hall–Kier alpha value is -3.27. The molecule has 2 heterocycles. The number of amides is 3. The van der Waals surface area contributed by atoms with E-state index in [0.29, 0.717) is 0 Å². The molecule has 3 amide bonds. The van der Waals surface area contributed by atoms with Gasteiger partial charge in [0.25, 0.3) is 5.91 Å². The van der Waals surface area contributed by atoms with Crippen molar-refractivity contribution in [3.8, 4) is 0 Å². The van der Waals surface area contributed by atoms with Crippen LogP contribution in [0.2, 0.25) is 0 Å². The summed E-state index contributed by atoms with van der Waals surface area (Å²) in [4.78, 5) is 25.4. The Bertz CT molecular complexity index is 1030. The van der Waals surface area contributed by atoms with Crippen molar-refractivity contribution >= 4 is 34.6 Å². The fourth-order valence-corrected chi connectivity index (χ4v) is 3.85. The number of urea groups is 1. The minimum atomic E-state index is -4.75. The van der Waals surface area contributed by atoms with Gasteiger partial charge in [0.05, 0.1) is 23.6 Å². The fourth-order valence-electron chi connectivity index (χ4n) is 2.90. The smallest absolute Gasteiger partial charge is 0.418 e. The number of thiophene rings is 1. The zero-order valence-electron chi connectivity index (χ0n) is 16.6. The topological polar surface area (TPSA) is 83.4 Å². The summed E-state index contributed by atoms with van der Waals surface area (Å²) in [5, 5.41) is 9.20. The first-order valence-corrected chi connectivity index (χ1v) is 10.2. The minimum Gasteiger partial charge on any atom is -0.459 e. The number of nitrogens with one attached hydrogen (secondary N) is 3. The number of halogens is 3. The number of alkyl halides is 3. The highest BCUT2D eigenvalue weighted by atomic mass is 32.1. The van der Waals surface area contributed by atoms with E-state index in [1.54, 1.807) is 0 Å². The van der Waals surface area contributed by atoms with Gasteiger partial charge in [-0.3, -0.25) is 4.79 Å². The molecular weight excluding hydrogens is 431 g/mol. The lowest BCUT2D eigenvalue weighted by Gasteiger charge is -2.22. The van der Waals surface area contributed by atoms with E-state index in [9.17, 15) is 22.8 Å². The predicted molar refractivity (Wildman–Crippen MR) is 112 cm³/mol. The van der Waals surface area contributed by atoms with Crippen LogP contribution < -0.4 is 16.0 Å². The van der Waals surface area contributed by atoms with Crippen LogP contribution in [0.5, 0.6) is 0 Å². The lowest BCUT2D eigenvalue weighted by molar-refractivity contribution is -0.136. The molecule has 1 atom stereocenters. The second-order valence-corrected chi connectivity index (χ2v) is 8.00. The Morgan fingerprint density at radius 3 is 2.42 bits per heavy atom. The first-order valence-electron chi connectivity index (χ1n) is 9.32. The molecular formula is C21H20F3N3O3S. The number of carbonyl (C=O) groups is 2. The summed E-state index contributed by atoms with van der Waals surface area (Å²) in [7, 11) is 0. The van der Waals surface area contributed by atoms with Crippen LogP contribution in [0, 0.1) is 5.92 Å². The van der Waals surface area contributed by atoms with Gasteiger partial charge in [0.2, 0.25) is 0 Å². The van der Waals surface area contributed by atoms with Crippen molar-refractivity contribution < 1.29 is 27.2 Å². The Morgan fingerprint density at radius 1 is 1.06 bits per heavy atom. The van der Waals surface area contributed by atoms with Crippen molar-refractivity contribution in [1.82, 2.24) is 5.32 Å². The van der Waals surface area contributed by atoms with Gasteiger partial charge in [0.1, 0.15) is 0 Å². The molecule has 0 spiro atoms. The second kappa shape index (κ2) is 9.25. The monoisotopic (exact) mass is 451 g/mol. The largest absolute Gasteiger partial charge is 0.459 e. The van der Waals surface area contributed by atoms with Crippen LogP contribution in [-0.4, -0.2) is 11.9 Å². The standard InChI is InChI=1S/C21H20F3N3O3S/c1-12(2)18(17-6-4-10-31-17)27-20(29)26-15-8-7-13(11-14(15)21(22,23)24)25-19(28)16-5-3-9-30-16/h3-12,18H,1-2H3,(H,25,28)(H2,26,27,29). The van der Waals surface area contributed by atoms with Gasteiger partial charge < -0.3 is 20.4 Å². The molecule has 1 unspecified atom stereocenters. The summed E-state index contributed by atoms with van der Waals surface area (Å²) < 4.78 is 45.7. The average Bonchev–Trinajstić information content (AvgIpc) is 3.40. The summed E-state index contributed by atoms with van der Waals surface area (Å²) >= 11 is 1.45. The van der Waals surface area contributed by atoms with Gasteiger partial charge in [-0.2, -0.15) is 13.2 Å². The zero-order valence-corrected chi connectivity index (χ0v) is 17.4. The van der Waals surface area contributed by atoms with Crippen LogP contribution in [0.15, 0.2) is 58.5 Å². The molecule has 10 heteroatoms. The van der Waals surface area contributed by atoms with E-state index in [2.05, 4.69) is 16.0 Å². The molecule has 0 saturated carbocycles. The summed E-state index contributed by atoms with van der Waals surface area (Å²) in [5.74, 6) is -0.693. The van der Waals surface area contributed by atoms with Crippen molar-refractivity contribution in [3.05, 3.63) is 70.3 Å². The van der Waals surface area contributed by atoms with Crippen LogP contribution in [0.1, 0.15) is 40.9 Å². The number of hydrogen-bond donors (Lipinski definition) is 3. The van der Waals surface area contributed by atoms with Gasteiger partial charge in [-0.15, -0.1) is 11.3 Å². The van der Waals surface area contributed by atoms with Crippen LogP contribution >= 0.6 is 11.3 Å². The summed E-state index contributed by atoms with van der Waals surface area (Å²) in [6, 6.07) is 8.59. The number of furan rings is 1. The number of anilines is 2. The van der Waals surface area contributed by atoms with E-state index < -0.39 is 29.4 Å². The first kappa shape index (κ1) is 22.4. The zero-order chi connectivity index (χ0) is 22.6. The van der Waals surface area contributed by atoms with Gasteiger partial charge in [0.15, 0.2) is 5.76 Å². The maximum Gasteiger partial charge on any atom is 0.418 e. The van der Waals surface area contributed by atoms with E-state index in [-0.39, 0.29) is 23.4 Å². The van der Waals surface area contributed by atoms with Gasteiger partial charge in [-0.05, 0) is 47.7 Å². The highest BCUT2D eigenvalue weighted by Crippen LogP contribution is 2.37. The Kier molecular flexibility index (Phi) is 6.69. The van der Waals surface area contributed by atoms with Crippen LogP contribution in [0.4, 0.5) is 29.3 Å². The van der Waals surface area contributed by atoms with Crippen molar-refractivity contribution in [2.75, 3.05) is 10.6 Å². The number of carbonyl (C=O) groups excluding carboxylic acids is 2.